The Morgan fingerprint density at radius 1 is 1.05 bits per heavy atom. The van der Waals surface area contributed by atoms with Crippen LogP contribution in [0.5, 0.6) is 0 Å². The van der Waals surface area contributed by atoms with Crippen LogP contribution in [0.3, 0.4) is 0 Å². The molecule has 100 valence electrons. The Morgan fingerprint density at radius 2 is 1.74 bits per heavy atom. The molecule has 0 amide bonds. The zero-order valence-electron chi connectivity index (χ0n) is 11.0. The number of nitrogens with two attached hydrogens (primary N) is 1. The van der Waals surface area contributed by atoms with Gasteiger partial charge in [0.05, 0.1) is 10.7 Å². The second-order valence-corrected chi connectivity index (χ2v) is 6.22. The zero-order chi connectivity index (χ0) is 14.2. The molecule has 2 rings (SSSR count). The van der Waals surface area contributed by atoms with Gasteiger partial charge in [-0.15, -0.1) is 0 Å². The largest absolute Gasteiger partial charge is 0.384 e. The number of nitrogen functional groups attached to an aromatic ring is 1. The average Bonchev–Trinajstić information content (AvgIpc) is 2.30. The summed E-state index contributed by atoms with van der Waals surface area (Å²) in [7, 11) is 0. The number of benzene rings is 1. The molecular weight excluding hydrogens is 281 g/mol. The lowest BCUT2D eigenvalue weighted by molar-refractivity contribution is 0.568. The van der Waals surface area contributed by atoms with Gasteiger partial charge in [0.2, 0.25) is 0 Å². The van der Waals surface area contributed by atoms with Crippen molar-refractivity contribution in [1.29, 1.82) is 0 Å². The summed E-state index contributed by atoms with van der Waals surface area (Å²) in [5.74, 6) is 0.920. The van der Waals surface area contributed by atoms with E-state index in [0.717, 1.165) is 5.69 Å². The molecule has 5 heteroatoms. The lowest BCUT2D eigenvalue weighted by Gasteiger charge is -2.19. The van der Waals surface area contributed by atoms with Crippen molar-refractivity contribution in [1.82, 2.24) is 9.97 Å². The number of hydrogen-bond acceptors (Lipinski definition) is 3. The monoisotopic (exact) mass is 295 g/mol. The van der Waals surface area contributed by atoms with E-state index in [0.29, 0.717) is 27.3 Å². The van der Waals surface area contributed by atoms with Crippen molar-refractivity contribution >= 4 is 29.0 Å². The molecule has 0 saturated heterocycles. The van der Waals surface area contributed by atoms with Gasteiger partial charge >= 0.3 is 0 Å². The van der Waals surface area contributed by atoms with Crippen molar-refractivity contribution in [3.05, 3.63) is 40.0 Å². The Morgan fingerprint density at radius 3 is 2.37 bits per heavy atom. The summed E-state index contributed by atoms with van der Waals surface area (Å²) in [6.07, 6.45) is 0. The first kappa shape index (κ1) is 14.1. The molecule has 0 fully saturated rings. The van der Waals surface area contributed by atoms with E-state index >= 15 is 0 Å². The second-order valence-electron chi connectivity index (χ2n) is 5.38. The molecule has 0 spiro atoms. The van der Waals surface area contributed by atoms with E-state index in [1.54, 1.807) is 24.3 Å². The van der Waals surface area contributed by atoms with Crippen molar-refractivity contribution in [2.75, 3.05) is 5.73 Å². The number of rotatable bonds is 1. The van der Waals surface area contributed by atoms with E-state index in [-0.39, 0.29) is 5.41 Å². The first-order valence-electron chi connectivity index (χ1n) is 5.88. The molecule has 2 N–H and O–H groups in total. The molecule has 0 bridgehead atoms. The summed E-state index contributed by atoms with van der Waals surface area (Å²) < 4.78 is 0. The number of anilines is 1. The van der Waals surface area contributed by atoms with Crippen LogP contribution >= 0.6 is 23.2 Å². The van der Waals surface area contributed by atoms with Gasteiger partial charge in [-0.1, -0.05) is 44.0 Å². The smallest absolute Gasteiger partial charge is 0.163 e. The highest BCUT2D eigenvalue weighted by Crippen LogP contribution is 2.30. The fraction of sp³-hybridized carbons (Fsp3) is 0.286. The minimum atomic E-state index is -0.114. The van der Waals surface area contributed by atoms with Crippen LogP contribution in [0.1, 0.15) is 26.5 Å². The van der Waals surface area contributed by atoms with Crippen molar-refractivity contribution in [3.8, 4) is 11.4 Å². The fourth-order valence-corrected chi connectivity index (χ4v) is 2.01. The standard InChI is InChI=1S/C14H15Cl2N3/c1-14(2,3)11-7-12(17)19-13(18-11)9-6-8(15)4-5-10(9)16/h4-7H,1-3H3,(H2,17,18,19). The Bertz CT molecular complexity index is 619. The minimum Gasteiger partial charge on any atom is -0.384 e. The van der Waals surface area contributed by atoms with Crippen LogP contribution in [0.2, 0.25) is 10.0 Å². The van der Waals surface area contributed by atoms with Gasteiger partial charge in [0.15, 0.2) is 5.82 Å². The quantitative estimate of drug-likeness (QED) is 0.852. The van der Waals surface area contributed by atoms with Crippen LogP contribution in [0.15, 0.2) is 24.3 Å². The third-order valence-corrected chi connectivity index (χ3v) is 3.25. The number of hydrogen-bond donors (Lipinski definition) is 1. The van der Waals surface area contributed by atoms with Crippen LogP contribution in [-0.4, -0.2) is 9.97 Å². The van der Waals surface area contributed by atoms with Gasteiger partial charge in [0.25, 0.3) is 0 Å². The van der Waals surface area contributed by atoms with Gasteiger partial charge in [0, 0.05) is 22.1 Å². The molecule has 0 aliphatic heterocycles. The third-order valence-electron chi connectivity index (χ3n) is 2.68. The lowest BCUT2D eigenvalue weighted by Crippen LogP contribution is -2.15. The van der Waals surface area contributed by atoms with E-state index in [4.69, 9.17) is 28.9 Å². The Balaban J connectivity index is 2.63. The Hall–Kier alpha value is -1.32. The van der Waals surface area contributed by atoms with Crippen molar-refractivity contribution in [2.45, 2.75) is 26.2 Å². The maximum atomic E-state index is 6.17. The average molecular weight is 296 g/mol. The van der Waals surface area contributed by atoms with E-state index in [9.17, 15) is 0 Å². The summed E-state index contributed by atoms with van der Waals surface area (Å²) in [5.41, 5.74) is 7.29. The highest BCUT2D eigenvalue weighted by molar-refractivity contribution is 6.35. The van der Waals surface area contributed by atoms with Crippen molar-refractivity contribution in [3.63, 3.8) is 0 Å². The predicted octanol–water partition coefficient (Wildman–Crippen LogP) is 4.33. The molecule has 0 atom stereocenters. The summed E-state index contributed by atoms with van der Waals surface area (Å²) >= 11 is 12.2. The van der Waals surface area contributed by atoms with Gasteiger partial charge in [-0.2, -0.15) is 0 Å². The SMILES string of the molecule is CC(C)(C)c1cc(N)nc(-c2cc(Cl)ccc2Cl)n1. The maximum absolute atomic E-state index is 6.17. The topological polar surface area (TPSA) is 51.8 Å². The summed E-state index contributed by atoms with van der Waals surface area (Å²) in [6.45, 7) is 6.20. The molecule has 19 heavy (non-hydrogen) atoms. The number of nitrogens with zero attached hydrogens (tertiary/aromatic N) is 2. The molecule has 2 aromatic rings. The second kappa shape index (κ2) is 4.99. The van der Waals surface area contributed by atoms with Crippen LogP contribution in [-0.2, 0) is 5.41 Å². The highest BCUT2D eigenvalue weighted by Gasteiger charge is 2.18. The van der Waals surface area contributed by atoms with E-state index in [1.807, 2.05) is 0 Å². The molecule has 0 aliphatic carbocycles. The van der Waals surface area contributed by atoms with Gasteiger partial charge in [-0.3, -0.25) is 0 Å². The number of aromatic nitrogens is 2. The van der Waals surface area contributed by atoms with E-state index in [1.165, 1.54) is 0 Å². The number of halogens is 2. The molecule has 0 radical (unpaired) electrons. The van der Waals surface area contributed by atoms with Gasteiger partial charge in [-0.05, 0) is 18.2 Å². The van der Waals surface area contributed by atoms with Gasteiger partial charge < -0.3 is 5.73 Å². The van der Waals surface area contributed by atoms with E-state index < -0.39 is 0 Å². The van der Waals surface area contributed by atoms with Crippen LogP contribution in [0.25, 0.3) is 11.4 Å². The molecule has 1 aromatic heterocycles. The van der Waals surface area contributed by atoms with Crippen molar-refractivity contribution < 1.29 is 0 Å². The minimum absolute atomic E-state index is 0.114. The van der Waals surface area contributed by atoms with Crippen LogP contribution in [0.4, 0.5) is 5.82 Å². The molecular formula is C14H15Cl2N3. The van der Waals surface area contributed by atoms with Crippen LogP contribution < -0.4 is 5.73 Å². The summed E-state index contributed by atoms with van der Waals surface area (Å²) in [6, 6.07) is 6.97. The molecule has 0 saturated carbocycles. The lowest BCUT2D eigenvalue weighted by atomic mass is 9.92. The Labute approximate surface area is 122 Å². The normalized spacial score (nSPS) is 11.6. The van der Waals surface area contributed by atoms with Gasteiger partial charge in [0.1, 0.15) is 5.82 Å². The van der Waals surface area contributed by atoms with E-state index in [2.05, 4.69) is 30.7 Å². The summed E-state index contributed by atoms with van der Waals surface area (Å²) in [4.78, 5) is 8.79. The maximum Gasteiger partial charge on any atom is 0.163 e. The highest BCUT2D eigenvalue weighted by atomic mass is 35.5. The van der Waals surface area contributed by atoms with Crippen molar-refractivity contribution in [2.24, 2.45) is 0 Å². The van der Waals surface area contributed by atoms with Crippen LogP contribution in [0, 0.1) is 0 Å². The molecule has 0 aliphatic rings. The molecule has 3 nitrogen and oxygen atoms in total. The zero-order valence-corrected chi connectivity index (χ0v) is 12.5. The molecule has 1 heterocycles. The predicted molar refractivity (Wildman–Crippen MR) is 80.6 cm³/mol. The van der Waals surface area contributed by atoms with Gasteiger partial charge in [-0.25, -0.2) is 9.97 Å². The summed E-state index contributed by atoms with van der Waals surface area (Å²) in [5, 5.41) is 1.14. The Kier molecular flexibility index (Phi) is 3.70. The first-order chi connectivity index (χ1) is 8.77. The third kappa shape index (κ3) is 3.17. The molecule has 0 unspecified atom stereocenters. The fourth-order valence-electron chi connectivity index (χ4n) is 1.64. The molecule has 1 aromatic carbocycles. The first-order valence-corrected chi connectivity index (χ1v) is 6.63.